The Bertz CT molecular complexity index is 494. The van der Waals surface area contributed by atoms with Gasteiger partial charge in [0.2, 0.25) is 0 Å². The number of nitrogens with zero attached hydrogens (tertiary/aromatic N) is 1. The second-order valence-electron chi connectivity index (χ2n) is 3.54. The van der Waals surface area contributed by atoms with Crippen molar-refractivity contribution < 1.29 is 9.84 Å². The highest BCUT2D eigenvalue weighted by molar-refractivity contribution is 5.85. The van der Waals surface area contributed by atoms with Crippen LogP contribution in [-0.2, 0) is 6.61 Å². The van der Waals surface area contributed by atoms with E-state index in [2.05, 4.69) is 4.98 Å². The van der Waals surface area contributed by atoms with Crippen molar-refractivity contribution in [3.05, 3.63) is 35.5 Å². The summed E-state index contributed by atoms with van der Waals surface area (Å²) in [5.41, 5.74) is 2.77. The van der Waals surface area contributed by atoms with Crippen molar-refractivity contribution in [3.8, 4) is 5.75 Å². The molecule has 0 fully saturated rings. The summed E-state index contributed by atoms with van der Waals surface area (Å²) in [4.78, 5) is 4.32. The number of fused-ring (bicyclic) bond motifs is 1. The van der Waals surface area contributed by atoms with Gasteiger partial charge < -0.3 is 9.84 Å². The smallest absolute Gasteiger partial charge is 0.145 e. The molecule has 0 amide bonds. The van der Waals surface area contributed by atoms with Gasteiger partial charge in [-0.05, 0) is 36.2 Å². The Morgan fingerprint density at radius 2 is 2.13 bits per heavy atom. The van der Waals surface area contributed by atoms with Crippen molar-refractivity contribution in [1.82, 2.24) is 4.98 Å². The summed E-state index contributed by atoms with van der Waals surface area (Å²) in [5, 5.41) is 10.1. The molecule has 2 rings (SSSR count). The lowest BCUT2D eigenvalue weighted by atomic mass is 10.1. The van der Waals surface area contributed by atoms with E-state index in [1.165, 1.54) is 0 Å². The number of hydrogen-bond donors (Lipinski definition) is 1. The molecule has 1 N–H and O–H groups in total. The topological polar surface area (TPSA) is 42.4 Å². The lowest BCUT2D eigenvalue weighted by Gasteiger charge is -2.07. The van der Waals surface area contributed by atoms with Gasteiger partial charge in [0, 0.05) is 11.6 Å². The predicted molar refractivity (Wildman–Crippen MR) is 59.0 cm³/mol. The first-order valence-electron chi connectivity index (χ1n) is 4.78. The molecule has 1 aromatic heterocycles. The molecule has 1 heterocycles. The second-order valence-corrected chi connectivity index (χ2v) is 3.54. The van der Waals surface area contributed by atoms with Crippen LogP contribution in [0.25, 0.3) is 10.9 Å². The van der Waals surface area contributed by atoms with E-state index in [0.29, 0.717) is 5.75 Å². The van der Waals surface area contributed by atoms with Crippen LogP contribution in [0, 0.1) is 6.92 Å². The fourth-order valence-corrected chi connectivity index (χ4v) is 1.63. The average molecular weight is 203 g/mol. The Morgan fingerprint density at radius 3 is 2.80 bits per heavy atom. The molecule has 0 atom stereocenters. The Morgan fingerprint density at radius 1 is 1.33 bits per heavy atom. The lowest BCUT2D eigenvalue weighted by Crippen LogP contribution is -1.92. The lowest BCUT2D eigenvalue weighted by molar-refractivity contribution is 0.281. The number of benzene rings is 1. The summed E-state index contributed by atoms with van der Waals surface area (Å²) in [5.74, 6) is 0.705. The van der Waals surface area contributed by atoms with Gasteiger partial charge in [-0.3, -0.25) is 4.98 Å². The maximum Gasteiger partial charge on any atom is 0.145 e. The molecule has 0 radical (unpaired) electrons. The third-order valence-corrected chi connectivity index (χ3v) is 2.35. The van der Waals surface area contributed by atoms with Crippen molar-refractivity contribution >= 4 is 10.9 Å². The SMILES string of the molecule is COc1cc(CO)cc2cc(C)cnc12. The van der Waals surface area contributed by atoms with E-state index in [1.807, 2.05) is 31.3 Å². The van der Waals surface area contributed by atoms with E-state index in [9.17, 15) is 0 Å². The van der Waals surface area contributed by atoms with Crippen LogP contribution in [0.1, 0.15) is 11.1 Å². The molecule has 78 valence electrons. The van der Waals surface area contributed by atoms with Gasteiger partial charge in [-0.1, -0.05) is 0 Å². The van der Waals surface area contributed by atoms with Gasteiger partial charge in [0.1, 0.15) is 11.3 Å². The fourth-order valence-electron chi connectivity index (χ4n) is 1.63. The monoisotopic (exact) mass is 203 g/mol. The Labute approximate surface area is 88.3 Å². The first kappa shape index (κ1) is 9.93. The highest BCUT2D eigenvalue weighted by Crippen LogP contribution is 2.26. The number of aliphatic hydroxyl groups excluding tert-OH is 1. The van der Waals surface area contributed by atoms with E-state index in [1.54, 1.807) is 7.11 Å². The third-order valence-electron chi connectivity index (χ3n) is 2.35. The average Bonchev–Trinajstić information content (AvgIpc) is 2.26. The minimum absolute atomic E-state index is 0.0141. The maximum atomic E-state index is 9.11. The largest absolute Gasteiger partial charge is 0.494 e. The van der Waals surface area contributed by atoms with E-state index in [4.69, 9.17) is 9.84 Å². The Hall–Kier alpha value is -1.61. The maximum absolute atomic E-state index is 9.11. The summed E-state index contributed by atoms with van der Waals surface area (Å²) in [6.45, 7) is 2.00. The zero-order valence-corrected chi connectivity index (χ0v) is 8.82. The van der Waals surface area contributed by atoms with Crippen molar-refractivity contribution in [2.75, 3.05) is 7.11 Å². The second kappa shape index (κ2) is 3.87. The number of methoxy groups -OCH3 is 1. The summed E-state index contributed by atoms with van der Waals surface area (Å²) in [6, 6.07) is 5.77. The molecular weight excluding hydrogens is 190 g/mol. The molecule has 3 nitrogen and oxygen atoms in total. The van der Waals surface area contributed by atoms with Gasteiger partial charge in [0.25, 0.3) is 0 Å². The third kappa shape index (κ3) is 1.78. The molecule has 0 spiro atoms. The molecule has 0 unspecified atom stereocenters. The van der Waals surface area contributed by atoms with Crippen LogP contribution >= 0.6 is 0 Å². The Balaban J connectivity index is 2.74. The van der Waals surface area contributed by atoms with Crippen molar-refractivity contribution in [3.63, 3.8) is 0 Å². The van der Waals surface area contributed by atoms with Gasteiger partial charge in [0.05, 0.1) is 13.7 Å². The number of aliphatic hydroxyl groups is 1. The van der Waals surface area contributed by atoms with Crippen molar-refractivity contribution in [2.45, 2.75) is 13.5 Å². The Kier molecular flexibility index (Phi) is 2.56. The van der Waals surface area contributed by atoms with E-state index >= 15 is 0 Å². The normalized spacial score (nSPS) is 10.6. The number of pyridine rings is 1. The summed E-state index contributed by atoms with van der Waals surface area (Å²) >= 11 is 0. The molecule has 0 saturated carbocycles. The predicted octanol–water partition coefficient (Wildman–Crippen LogP) is 2.04. The molecule has 0 aliphatic rings. The van der Waals surface area contributed by atoms with Crippen LogP contribution in [0.5, 0.6) is 5.75 Å². The number of hydrogen-bond acceptors (Lipinski definition) is 3. The molecule has 1 aromatic carbocycles. The van der Waals surface area contributed by atoms with Gasteiger partial charge in [-0.2, -0.15) is 0 Å². The van der Waals surface area contributed by atoms with Gasteiger partial charge in [-0.25, -0.2) is 0 Å². The number of ether oxygens (including phenoxy) is 1. The quantitative estimate of drug-likeness (QED) is 0.812. The minimum Gasteiger partial charge on any atom is -0.494 e. The molecule has 15 heavy (non-hydrogen) atoms. The van der Waals surface area contributed by atoms with Crippen LogP contribution in [0.2, 0.25) is 0 Å². The highest BCUT2D eigenvalue weighted by Gasteiger charge is 2.05. The molecule has 0 bridgehead atoms. The highest BCUT2D eigenvalue weighted by atomic mass is 16.5. The summed E-state index contributed by atoms with van der Waals surface area (Å²) in [6.07, 6.45) is 1.81. The zero-order valence-electron chi connectivity index (χ0n) is 8.82. The standard InChI is InChI=1S/C12H13NO2/c1-8-3-10-4-9(7-14)5-11(15-2)12(10)13-6-8/h3-6,14H,7H2,1-2H3. The van der Waals surface area contributed by atoms with E-state index in [0.717, 1.165) is 22.0 Å². The molecule has 0 aliphatic heterocycles. The van der Waals surface area contributed by atoms with Crippen LogP contribution < -0.4 is 4.74 Å². The van der Waals surface area contributed by atoms with Gasteiger partial charge in [-0.15, -0.1) is 0 Å². The molecular formula is C12H13NO2. The van der Waals surface area contributed by atoms with E-state index in [-0.39, 0.29) is 6.61 Å². The van der Waals surface area contributed by atoms with Crippen LogP contribution in [0.3, 0.4) is 0 Å². The first-order valence-corrected chi connectivity index (χ1v) is 4.78. The molecule has 2 aromatic rings. The van der Waals surface area contributed by atoms with Gasteiger partial charge >= 0.3 is 0 Å². The number of rotatable bonds is 2. The fraction of sp³-hybridized carbons (Fsp3) is 0.250. The molecule has 0 aliphatic carbocycles. The van der Waals surface area contributed by atoms with Crippen molar-refractivity contribution in [1.29, 1.82) is 0 Å². The zero-order chi connectivity index (χ0) is 10.8. The van der Waals surface area contributed by atoms with Gasteiger partial charge in [0.15, 0.2) is 0 Å². The minimum atomic E-state index is 0.0141. The molecule has 0 saturated heterocycles. The number of aryl methyl sites for hydroxylation is 1. The summed E-state index contributed by atoms with van der Waals surface area (Å²) in [7, 11) is 1.61. The van der Waals surface area contributed by atoms with Crippen LogP contribution in [-0.4, -0.2) is 17.2 Å². The summed E-state index contributed by atoms with van der Waals surface area (Å²) < 4.78 is 5.24. The van der Waals surface area contributed by atoms with Crippen molar-refractivity contribution in [2.24, 2.45) is 0 Å². The number of aromatic nitrogens is 1. The molecule has 3 heteroatoms. The first-order chi connectivity index (χ1) is 7.24. The van der Waals surface area contributed by atoms with E-state index < -0.39 is 0 Å². The van der Waals surface area contributed by atoms with Crippen LogP contribution in [0.4, 0.5) is 0 Å². The van der Waals surface area contributed by atoms with Crippen LogP contribution in [0.15, 0.2) is 24.4 Å².